The highest BCUT2D eigenvalue weighted by Crippen LogP contribution is 2.29. The number of hydrogen-bond acceptors (Lipinski definition) is 6. The van der Waals surface area contributed by atoms with E-state index in [2.05, 4.69) is 31.2 Å². The first kappa shape index (κ1) is 18.1. The molecule has 8 nitrogen and oxygen atoms in total. The number of hydrogen-bond donors (Lipinski definition) is 2. The van der Waals surface area contributed by atoms with Crippen LogP contribution < -0.4 is 15.0 Å². The van der Waals surface area contributed by atoms with Crippen molar-refractivity contribution in [2.24, 2.45) is 0 Å². The minimum atomic E-state index is -1.14. The van der Waals surface area contributed by atoms with Crippen LogP contribution in [0.3, 0.4) is 0 Å². The molecule has 1 aromatic carbocycles. The van der Waals surface area contributed by atoms with Crippen LogP contribution >= 0.6 is 15.9 Å². The lowest BCUT2D eigenvalue weighted by Gasteiger charge is -2.39. The Balaban J connectivity index is 1.53. The number of nitrogens with one attached hydrogen (secondary N) is 1. The Hall–Kier alpha value is -2.75. The Labute approximate surface area is 156 Å². The number of carboxylic acids is 1. The van der Waals surface area contributed by atoms with E-state index in [1.54, 1.807) is 6.07 Å². The van der Waals surface area contributed by atoms with E-state index in [0.717, 1.165) is 0 Å². The molecule has 3 rings (SSSR count). The largest absolute Gasteiger partial charge is 0.485 e. The molecule has 1 aromatic heterocycles. The van der Waals surface area contributed by atoms with Crippen molar-refractivity contribution in [3.05, 3.63) is 46.6 Å². The molecule has 0 aliphatic carbocycles. The molecule has 2 heterocycles. The quantitative estimate of drug-likeness (QED) is 0.722. The molecule has 0 spiro atoms. The van der Waals surface area contributed by atoms with Crippen LogP contribution in [-0.2, 0) is 4.79 Å². The van der Waals surface area contributed by atoms with Crippen LogP contribution in [0.2, 0.25) is 0 Å². The molecule has 0 bridgehead atoms. The summed E-state index contributed by atoms with van der Waals surface area (Å²) in [6, 6.07) is 4.24. The van der Waals surface area contributed by atoms with Crippen molar-refractivity contribution in [2.45, 2.75) is 6.10 Å². The number of ether oxygens (including phenoxy) is 1. The van der Waals surface area contributed by atoms with Crippen LogP contribution in [-0.4, -0.2) is 52.7 Å². The molecular formula is C16H14BrFN4O4. The number of halogens is 2. The van der Waals surface area contributed by atoms with Crippen molar-refractivity contribution in [3.63, 3.8) is 0 Å². The average molecular weight is 425 g/mol. The summed E-state index contributed by atoms with van der Waals surface area (Å²) in [6.45, 7) is 0.605. The third-order valence-corrected chi connectivity index (χ3v) is 4.29. The fraction of sp³-hybridized carbons (Fsp3) is 0.250. The molecule has 1 aliphatic heterocycles. The Bertz CT molecular complexity index is 827. The number of rotatable bonds is 6. The van der Waals surface area contributed by atoms with Gasteiger partial charge in [0.15, 0.2) is 0 Å². The van der Waals surface area contributed by atoms with Gasteiger partial charge in [0.2, 0.25) is 0 Å². The fourth-order valence-electron chi connectivity index (χ4n) is 2.30. The summed E-state index contributed by atoms with van der Waals surface area (Å²) in [5.41, 5.74) is 0.0343. The number of aliphatic carboxylic acids is 1. The number of carboxylic acid groups (broad SMARTS) is 1. The predicted octanol–water partition coefficient (Wildman–Crippen LogP) is 1.46. The first-order chi connectivity index (χ1) is 12.4. The number of anilines is 1. The van der Waals surface area contributed by atoms with Crippen LogP contribution in [0.5, 0.6) is 5.75 Å². The Morgan fingerprint density at radius 1 is 1.35 bits per heavy atom. The van der Waals surface area contributed by atoms with Crippen LogP contribution in [0, 0.1) is 5.82 Å². The first-order valence-electron chi connectivity index (χ1n) is 7.61. The molecule has 0 saturated carbocycles. The number of carbonyl (C=O) groups excluding carboxylic acids is 1. The van der Waals surface area contributed by atoms with E-state index in [9.17, 15) is 14.0 Å². The lowest BCUT2D eigenvalue weighted by molar-refractivity contribution is -0.135. The summed E-state index contributed by atoms with van der Waals surface area (Å²) in [7, 11) is 0. The molecule has 1 saturated heterocycles. The molecule has 10 heteroatoms. The van der Waals surface area contributed by atoms with Crippen molar-refractivity contribution in [2.75, 3.05) is 24.5 Å². The molecule has 0 atom stereocenters. The Morgan fingerprint density at radius 3 is 2.77 bits per heavy atom. The topological polar surface area (TPSA) is 105 Å². The van der Waals surface area contributed by atoms with Crippen LogP contribution in [0.4, 0.5) is 10.2 Å². The monoisotopic (exact) mass is 424 g/mol. The van der Waals surface area contributed by atoms with E-state index >= 15 is 0 Å². The zero-order chi connectivity index (χ0) is 18.7. The molecule has 2 aromatic rings. The van der Waals surface area contributed by atoms with Gasteiger partial charge in [0.1, 0.15) is 35.7 Å². The lowest BCUT2D eigenvalue weighted by atomic mass is 10.1. The second-order valence-corrected chi connectivity index (χ2v) is 6.41. The predicted molar refractivity (Wildman–Crippen MR) is 92.7 cm³/mol. The van der Waals surface area contributed by atoms with Gasteiger partial charge >= 0.3 is 5.97 Å². The van der Waals surface area contributed by atoms with Crippen LogP contribution in [0.25, 0.3) is 0 Å². The second kappa shape index (κ2) is 7.65. The number of carbonyl (C=O) groups is 2. The minimum Gasteiger partial charge on any atom is -0.485 e. The average Bonchev–Trinajstić information content (AvgIpc) is 2.58. The highest BCUT2D eigenvalue weighted by Gasteiger charge is 2.30. The molecule has 1 amide bonds. The molecule has 1 aliphatic rings. The molecule has 1 fully saturated rings. The third-order valence-electron chi connectivity index (χ3n) is 3.63. The summed E-state index contributed by atoms with van der Waals surface area (Å²) in [6.07, 6.45) is 2.60. The zero-order valence-corrected chi connectivity index (χ0v) is 14.9. The van der Waals surface area contributed by atoms with Crippen molar-refractivity contribution in [3.8, 4) is 5.75 Å². The van der Waals surface area contributed by atoms with Gasteiger partial charge in [0.25, 0.3) is 5.91 Å². The summed E-state index contributed by atoms with van der Waals surface area (Å²) in [4.78, 5) is 32.1. The SMILES string of the molecule is O=C(O)CNC(=O)c1cnc(N2CC(Oc3cc(F)ccc3Br)C2)cn1. The van der Waals surface area contributed by atoms with Crippen molar-refractivity contribution >= 4 is 33.6 Å². The van der Waals surface area contributed by atoms with Gasteiger partial charge in [-0.15, -0.1) is 0 Å². The van der Waals surface area contributed by atoms with Crippen LogP contribution in [0.1, 0.15) is 10.5 Å². The maximum Gasteiger partial charge on any atom is 0.322 e. The van der Waals surface area contributed by atoms with Gasteiger partial charge in [0, 0.05) is 6.07 Å². The highest BCUT2D eigenvalue weighted by molar-refractivity contribution is 9.10. The normalized spacial score (nSPS) is 13.8. The van der Waals surface area contributed by atoms with E-state index in [-0.39, 0.29) is 17.6 Å². The Kier molecular flexibility index (Phi) is 5.31. The Morgan fingerprint density at radius 2 is 2.12 bits per heavy atom. The number of amides is 1. The highest BCUT2D eigenvalue weighted by atomic mass is 79.9. The van der Waals surface area contributed by atoms with Gasteiger partial charge in [-0.3, -0.25) is 9.59 Å². The van der Waals surface area contributed by atoms with E-state index in [0.29, 0.717) is 29.1 Å². The smallest absolute Gasteiger partial charge is 0.322 e. The summed E-state index contributed by atoms with van der Waals surface area (Å²) < 4.78 is 19.7. The first-order valence-corrected chi connectivity index (χ1v) is 8.40. The molecule has 0 unspecified atom stereocenters. The molecule has 0 radical (unpaired) electrons. The van der Waals surface area contributed by atoms with E-state index in [1.807, 2.05) is 4.90 Å². The summed E-state index contributed by atoms with van der Waals surface area (Å²) in [5.74, 6) is -1.11. The fourth-order valence-corrected chi connectivity index (χ4v) is 2.64. The summed E-state index contributed by atoms with van der Waals surface area (Å²) >= 11 is 3.31. The van der Waals surface area contributed by atoms with Gasteiger partial charge in [-0.2, -0.15) is 0 Å². The summed E-state index contributed by atoms with van der Waals surface area (Å²) in [5, 5.41) is 10.7. The zero-order valence-electron chi connectivity index (χ0n) is 13.4. The van der Waals surface area contributed by atoms with Gasteiger partial charge < -0.3 is 20.1 Å². The number of benzene rings is 1. The van der Waals surface area contributed by atoms with Crippen molar-refractivity contribution in [1.29, 1.82) is 0 Å². The van der Waals surface area contributed by atoms with E-state index < -0.39 is 18.4 Å². The number of aromatic nitrogens is 2. The standard InChI is InChI=1S/C16H14BrFN4O4/c17-11-2-1-9(18)3-13(11)26-10-7-22(8-10)14-5-19-12(4-20-14)16(25)21-6-15(23)24/h1-5,10H,6-8H2,(H,21,25)(H,23,24). The van der Waals surface area contributed by atoms with Gasteiger partial charge in [-0.05, 0) is 28.1 Å². The van der Waals surface area contributed by atoms with Crippen molar-refractivity contribution < 1.29 is 23.8 Å². The molecule has 136 valence electrons. The molecule has 26 heavy (non-hydrogen) atoms. The molecule has 2 N–H and O–H groups in total. The number of nitrogens with zero attached hydrogens (tertiary/aromatic N) is 3. The second-order valence-electron chi connectivity index (χ2n) is 5.56. The lowest BCUT2D eigenvalue weighted by Crippen LogP contribution is -2.54. The minimum absolute atomic E-state index is 0.0343. The van der Waals surface area contributed by atoms with E-state index in [4.69, 9.17) is 9.84 Å². The van der Waals surface area contributed by atoms with Gasteiger partial charge in [0.05, 0.1) is 30.0 Å². The van der Waals surface area contributed by atoms with Gasteiger partial charge in [-0.25, -0.2) is 14.4 Å². The van der Waals surface area contributed by atoms with E-state index in [1.165, 1.54) is 24.5 Å². The van der Waals surface area contributed by atoms with Crippen LogP contribution in [0.15, 0.2) is 35.1 Å². The van der Waals surface area contributed by atoms with Crippen molar-refractivity contribution in [1.82, 2.24) is 15.3 Å². The molecular weight excluding hydrogens is 411 g/mol. The van der Waals surface area contributed by atoms with Gasteiger partial charge in [-0.1, -0.05) is 0 Å². The maximum absolute atomic E-state index is 13.3. The maximum atomic E-state index is 13.3. The third kappa shape index (κ3) is 4.26.